The Labute approximate surface area is 161 Å². The summed E-state index contributed by atoms with van der Waals surface area (Å²) in [7, 11) is 1.84. The predicted molar refractivity (Wildman–Crippen MR) is 106 cm³/mol. The van der Waals surface area contributed by atoms with Crippen LogP contribution in [-0.4, -0.2) is 42.5 Å². The van der Waals surface area contributed by atoms with Crippen molar-refractivity contribution in [2.24, 2.45) is 0 Å². The van der Waals surface area contributed by atoms with E-state index in [4.69, 9.17) is 0 Å². The molecule has 5 heteroatoms. The number of hydrogen-bond donors (Lipinski definition) is 1. The lowest BCUT2D eigenvalue weighted by Gasteiger charge is -2.39. The molecule has 0 bridgehead atoms. The highest BCUT2D eigenvalue weighted by molar-refractivity contribution is 5.75. The number of urea groups is 1. The van der Waals surface area contributed by atoms with Gasteiger partial charge < -0.3 is 15.1 Å². The first-order valence-electron chi connectivity index (χ1n) is 9.41. The molecule has 0 aliphatic carbocycles. The van der Waals surface area contributed by atoms with Gasteiger partial charge in [0.1, 0.15) is 5.82 Å². The first-order chi connectivity index (χ1) is 12.8. The smallest absolute Gasteiger partial charge is 0.320 e. The molecule has 2 aromatic rings. The molecule has 1 saturated heterocycles. The summed E-state index contributed by atoms with van der Waals surface area (Å²) in [6.07, 6.45) is 0. The van der Waals surface area contributed by atoms with Crippen LogP contribution in [0.3, 0.4) is 0 Å². The van der Waals surface area contributed by atoms with Crippen molar-refractivity contribution in [3.63, 3.8) is 0 Å². The third-order valence-electron chi connectivity index (χ3n) is 5.11. The van der Waals surface area contributed by atoms with E-state index in [0.29, 0.717) is 19.6 Å². The molecule has 27 heavy (non-hydrogen) atoms. The van der Waals surface area contributed by atoms with Crippen molar-refractivity contribution in [1.82, 2.24) is 15.1 Å². The van der Waals surface area contributed by atoms with Crippen molar-refractivity contribution in [3.8, 4) is 0 Å². The molecule has 0 saturated carbocycles. The van der Waals surface area contributed by atoms with Gasteiger partial charge in [-0.05, 0) is 49.6 Å². The van der Waals surface area contributed by atoms with Crippen LogP contribution in [0.2, 0.25) is 0 Å². The van der Waals surface area contributed by atoms with Crippen LogP contribution in [0.15, 0.2) is 36.4 Å². The van der Waals surface area contributed by atoms with Gasteiger partial charge in [-0.25, -0.2) is 9.18 Å². The minimum atomic E-state index is -0.246. The summed E-state index contributed by atoms with van der Waals surface area (Å²) in [5.74, 6) is -0.246. The first kappa shape index (κ1) is 19.4. The van der Waals surface area contributed by atoms with Crippen LogP contribution in [0.1, 0.15) is 33.9 Å². The first-order valence-corrected chi connectivity index (χ1v) is 9.41. The molecule has 4 nitrogen and oxygen atoms in total. The SMILES string of the molecule is Cc1cc(C)cc(CN(C)C(=O)N2CCNC[C@@H]2c2ccc(F)cc2C)c1. The van der Waals surface area contributed by atoms with Crippen molar-refractivity contribution in [1.29, 1.82) is 0 Å². The van der Waals surface area contributed by atoms with E-state index in [1.807, 2.05) is 18.9 Å². The number of hydrogen-bond acceptors (Lipinski definition) is 2. The van der Waals surface area contributed by atoms with Gasteiger partial charge in [0, 0.05) is 33.2 Å². The minimum absolute atomic E-state index is 0.00406. The highest BCUT2D eigenvalue weighted by Crippen LogP contribution is 2.27. The molecule has 2 amide bonds. The van der Waals surface area contributed by atoms with Gasteiger partial charge in [0.15, 0.2) is 0 Å². The molecule has 0 unspecified atom stereocenters. The normalized spacial score (nSPS) is 17.1. The van der Waals surface area contributed by atoms with Crippen molar-refractivity contribution in [2.45, 2.75) is 33.4 Å². The van der Waals surface area contributed by atoms with Gasteiger partial charge in [-0.2, -0.15) is 0 Å². The van der Waals surface area contributed by atoms with Crippen LogP contribution >= 0.6 is 0 Å². The molecule has 0 aromatic heterocycles. The molecule has 1 atom stereocenters. The Bertz CT molecular complexity index is 816. The molecule has 1 fully saturated rings. The Balaban J connectivity index is 1.80. The Hall–Kier alpha value is -2.40. The molecule has 1 aliphatic heterocycles. The van der Waals surface area contributed by atoms with Gasteiger partial charge in [0.05, 0.1) is 6.04 Å². The number of benzene rings is 2. The maximum absolute atomic E-state index is 13.5. The summed E-state index contributed by atoms with van der Waals surface area (Å²) in [5.41, 5.74) is 5.41. The topological polar surface area (TPSA) is 35.6 Å². The maximum Gasteiger partial charge on any atom is 0.320 e. The van der Waals surface area contributed by atoms with Gasteiger partial charge in [-0.1, -0.05) is 35.4 Å². The van der Waals surface area contributed by atoms with E-state index in [0.717, 1.165) is 23.2 Å². The standard InChI is InChI=1S/C22H28FN3O/c1-15-9-16(2)11-18(10-15)14-25(4)22(27)26-8-7-24-13-21(26)20-6-5-19(23)12-17(20)3/h5-6,9-12,21,24H,7-8,13-14H2,1-4H3/t21-/m1/s1. The van der Waals surface area contributed by atoms with E-state index in [9.17, 15) is 9.18 Å². The van der Waals surface area contributed by atoms with Crippen LogP contribution in [0.4, 0.5) is 9.18 Å². The van der Waals surface area contributed by atoms with Crippen LogP contribution in [0, 0.1) is 26.6 Å². The van der Waals surface area contributed by atoms with Crippen molar-refractivity contribution in [2.75, 3.05) is 26.7 Å². The van der Waals surface area contributed by atoms with E-state index in [1.165, 1.54) is 23.3 Å². The lowest BCUT2D eigenvalue weighted by Crippen LogP contribution is -2.52. The van der Waals surface area contributed by atoms with Gasteiger partial charge >= 0.3 is 6.03 Å². The second kappa shape index (κ2) is 8.09. The second-order valence-corrected chi connectivity index (χ2v) is 7.55. The molecular weight excluding hydrogens is 341 g/mol. The maximum atomic E-state index is 13.5. The number of halogens is 1. The fourth-order valence-electron chi connectivity index (χ4n) is 3.95. The molecule has 0 radical (unpaired) electrons. The summed E-state index contributed by atoms with van der Waals surface area (Å²) >= 11 is 0. The Kier molecular flexibility index (Phi) is 5.80. The molecule has 2 aromatic carbocycles. The number of amides is 2. The quantitative estimate of drug-likeness (QED) is 0.889. The average molecular weight is 369 g/mol. The Morgan fingerprint density at radius 1 is 1.19 bits per heavy atom. The number of piperazine rings is 1. The fraction of sp³-hybridized carbons (Fsp3) is 0.409. The predicted octanol–water partition coefficient (Wildman–Crippen LogP) is 3.95. The van der Waals surface area contributed by atoms with Gasteiger partial charge in [0.25, 0.3) is 0 Å². The molecule has 1 N–H and O–H groups in total. The van der Waals surface area contributed by atoms with Crippen molar-refractivity contribution in [3.05, 3.63) is 70.0 Å². The third-order valence-corrected chi connectivity index (χ3v) is 5.11. The molecule has 1 heterocycles. The summed E-state index contributed by atoms with van der Waals surface area (Å²) in [6.45, 7) is 8.69. The zero-order chi connectivity index (χ0) is 19.6. The Morgan fingerprint density at radius 2 is 1.89 bits per heavy atom. The lowest BCUT2D eigenvalue weighted by atomic mass is 9.98. The van der Waals surface area contributed by atoms with Gasteiger partial charge in [-0.3, -0.25) is 0 Å². The number of nitrogens with zero attached hydrogens (tertiary/aromatic N) is 2. The van der Waals surface area contributed by atoms with E-state index >= 15 is 0 Å². The minimum Gasteiger partial charge on any atom is -0.323 e. The van der Waals surface area contributed by atoms with Crippen LogP contribution in [0.5, 0.6) is 0 Å². The van der Waals surface area contributed by atoms with Crippen LogP contribution in [-0.2, 0) is 6.54 Å². The summed E-state index contributed by atoms with van der Waals surface area (Å²) in [4.78, 5) is 16.9. The summed E-state index contributed by atoms with van der Waals surface area (Å²) in [5, 5.41) is 3.36. The van der Waals surface area contributed by atoms with E-state index in [2.05, 4.69) is 37.4 Å². The lowest BCUT2D eigenvalue weighted by molar-refractivity contribution is 0.126. The average Bonchev–Trinajstić information content (AvgIpc) is 2.60. The zero-order valence-electron chi connectivity index (χ0n) is 16.6. The van der Waals surface area contributed by atoms with Crippen LogP contribution in [0.25, 0.3) is 0 Å². The zero-order valence-corrected chi connectivity index (χ0v) is 16.6. The number of carbonyl (C=O) groups excluding carboxylic acids is 1. The Morgan fingerprint density at radius 3 is 2.56 bits per heavy atom. The highest BCUT2D eigenvalue weighted by Gasteiger charge is 2.30. The largest absolute Gasteiger partial charge is 0.323 e. The number of nitrogens with one attached hydrogen (secondary N) is 1. The fourth-order valence-corrected chi connectivity index (χ4v) is 3.95. The van der Waals surface area contributed by atoms with Gasteiger partial charge in [-0.15, -0.1) is 0 Å². The summed E-state index contributed by atoms with van der Waals surface area (Å²) < 4.78 is 13.5. The molecule has 3 rings (SSSR count). The van der Waals surface area contributed by atoms with Crippen LogP contribution < -0.4 is 5.32 Å². The van der Waals surface area contributed by atoms with E-state index in [-0.39, 0.29) is 17.9 Å². The molecular formula is C22H28FN3O. The monoisotopic (exact) mass is 369 g/mol. The second-order valence-electron chi connectivity index (χ2n) is 7.55. The number of rotatable bonds is 3. The van der Waals surface area contributed by atoms with E-state index in [1.54, 1.807) is 11.0 Å². The highest BCUT2D eigenvalue weighted by atomic mass is 19.1. The molecule has 144 valence electrons. The third kappa shape index (κ3) is 4.48. The van der Waals surface area contributed by atoms with Crippen molar-refractivity contribution < 1.29 is 9.18 Å². The number of carbonyl (C=O) groups is 1. The number of aryl methyl sites for hydroxylation is 3. The molecule has 1 aliphatic rings. The summed E-state index contributed by atoms with van der Waals surface area (Å²) in [6, 6.07) is 11.1. The van der Waals surface area contributed by atoms with E-state index < -0.39 is 0 Å². The van der Waals surface area contributed by atoms with Crippen molar-refractivity contribution >= 4 is 6.03 Å². The molecule has 0 spiro atoms. The van der Waals surface area contributed by atoms with Gasteiger partial charge in [0.2, 0.25) is 0 Å².